The first kappa shape index (κ1) is 16.8. The zero-order valence-electron chi connectivity index (χ0n) is 12.6. The number of halogens is 3. The third-order valence-corrected chi connectivity index (χ3v) is 3.78. The standard InChI is InChI=1S/C15H13F3N4O3/c16-15(17,18)8-3-9-10(20-12(14(24)25)13(23)21-9)4-11(8)22-2-1-7(5-19)6-22/h1-4,6,12,20H,5,19H2,(H,21,23)(H,24,25). The number of carboxylic acid groups (broad SMARTS) is 1. The molecule has 2 aromatic rings. The van der Waals surface area contributed by atoms with Gasteiger partial charge in [-0.3, -0.25) is 4.79 Å². The van der Waals surface area contributed by atoms with Crippen molar-refractivity contribution in [1.82, 2.24) is 4.57 Å². The number of nitrogens with zero attached hydrogens (tertiary/aromatic N) is 1. The Morgan fingerprint density at radius 2 is 2.04 bits per heavy atom. The Bertz CT molecular complexity index is 860. The molecule has 0 fully saturated rings. The van der Waals surface area contributed by atoms with Crippen LogP contribution in [0.25, 0.3) is 5.69 Å². The number of amides is 1. The molecule has 1 atom stereocenters. The monoisotopic (exact) mass is 354 g/mol. The molecule has 1 unspecified atom stereocenters. The molecule has 1 aliphatic heterocycles. The fraction of sp³-hybridized carbons (Fsp3) is 0.200. The van der Waals surface area contributed by atoms with Gasteiger partial charge in [-0.05, 0) is 23.8 Å². The van der Waals surface area contributed by atoms with E-state index in [0.29, 0.717) is 5.56 Å². The van der Waals surface area contributed by atoms with Gasteiger partial charge in [-0.15, -0.1) is 0 Å². The molecule has 1 amide bonds. The van der Waals surface area contributed by atoms with E-state index in [1.165, 1.54) is 17.0 Å². The molecule has 1 aromatic heterocycles. The lowest BCUT2D eigenvalue weighted by Gasteiger charge is -2.26. The van der Waals surface area contributed by atoms with Crippen molar-refractivity contribution in [1.29, 1.82) is 0 Å². The van der Waals surface area contributed by atoms with Crippen molar-refractivity contribution in [2.45, 2.75) is 18.8 Å². The first-order valence-corrected chi connectivity index (χ1v) is 7.13. The molecule has 0 bridgehead atoms. The second-order valence-corrected chi connectivity index (χ2v) is 5.45. The number of carboxylic acids is 1. The maximum absolute atomic E-state index is 13.4. The molecule has 132 valence electrons. The van der Waals surface area contributed by atoms with Crippen molar-refractivity contribution < 1.29 is 27.9 Å². The molecule has 0 saturated carbocycles. The maximum Gasteiger partial charge on any atom is 0.418 e. The molecule has 10 heteroatoms. The Labute approximate surface area is 139 Å². The molecule has 1 aliphatic rings. The summed E-state index contributed by atoms with van der Waals surface area (Å²) in [5, 5.41) is 13.6. The minimum Gasteiger partial charge on any atom is -0.479 e. The van der Waals surface area contributed by atoms with Crippen molar-refractivity contribution in [3.8, 4) is 5.69 Å². The van der Waals surface area contributed by atoms with Crippen LogP contribution in [0.4, 0.5) is 24.5 Å². The van der Waals surface area contributed by atoms with Crippen LogP contribution in [0.5, 0.6) is 0 Å². The Hall–Kier alpha value is -3.01. The fourth-order valence-corrected chi connectivity index (χ4v) is 2.56. The second kappa shape index (κ2) is 5.81. The van der Waals surface area contributed by atoms with Crippen molar-refractivity contribution in [3.05, 3.63) is 41.7 Å². The largest absolute Gasteiger partial charge is 0.479 e. The molecule has 7 nitrogen and oxygen atoms in total. The predicted octanol–water partition coefficient (Wildman–Crippen LogP) is 1.77. The number of fused-ring (bicyclic) bond motifs is 1. The van der Waals surface area contributed by atoms with Crippen LogP contribution in [0, 0.1) is 0 Å². The Kier molecular flexibility index (Phi) is 3.91. The number of nitrogens with two attached hydrogens (primary N) is 1. The zero-order chi connectivity index (χ0) is 18.4. The maximum atomic E-state index is 13.4. The van der Waals surface area contributed by atoms with Crippen LogP contribution >= 0.6 is 0 Å². The Balaban J connectivity index is 2.16. The second-order valence-electron chi connectivity index (χ2n) is 5.45. The SMILES string of the molecule is NCc1ccn(-c2cc3c(cc2C(F)(F)F)NC(=O)C(C(=O)O)N3)c1. The predicted molar refractivity (Wildman–Crippen MR) is 82.3 cm³/mol. The highest BCUT2D eigenvalue weighted by atomic mass is 19.4. The number of carbonyl (C=O) groups excluding carboxylic acids is 1. The van der Waals surface area contributed by atoms with Gasteiger partial charge < -0.3 is 26.0 Å². The highest BCUT2D eigenvalue weighted by Gasteiger charge is 2.38. The lowest BCUT2D eigenvalue weighted by atomic mass is 10.1. The minimum atomic E-state index is -4.67. The van der Waals surface area contributed by atoms with E-state index in [1.54, 1.807) is 6.07 Å². The highest BCUT2D eigenvalue weighted by molar-refractivity contribution is 6.14. The summed E-state index contributed by atoms with van der Waals surface area (Å²) in [6.45, 7) is 0.161. The van der Waals surface area contributed by atoms with Gasteiger partial charge in [0.1, 0.15) is 0 Å². The Morgan fingerprint density at radius 1 is 1.32 bits per heavy atom. The number of anilines is 2. The van der Waals surface area contributed by atoms with Crippen LogP contribution in [-0.4, -0.2) is 27.6 Å². The molecule has 0 aliphatic carbocycles. The first-order chi connectivity index (χ1) is 11.7. The summed E-state index contributed by atoms with van der Waals surface area (Å²) in [6.07, 6.45) is -1.80. The third-order valence-electron chi connectivity index (χ3n) is 3.78. The van der Waals surface area contributed by atoms with Crippen molar-refractivity contribution in [2.75, 3.05) is 10.6 Å². The van der Waals surface area contributed by atoms with Gasteiger partial charge in [-0.1, -0.05) is 0 Å². The summed E-state index contributed by atoms with van der Waals surface area (Å²) in [5.74, 6) is -2.37. The molecular formula is C15H13F3N4O3. The quantitative estimate of drug-likeness (QED) is 0.628. The molecule has 25 heavy (non-hydrogen) atoms. The van der Waals surface area contributed by atoms with E-state index in [0.717, 1.165) is 12.1 Å². The van der Waals surface area contributed by atoms with Gasteiger partial charge in [-0.25, -0.2) is 4.79 Å². The lowest BCUT2D eigenvalue weighted by Crippen LogP contribution is -2.44. The fourth-order valence-electron chi connectivity index (χ4n) is 2.56. The lowest BCUT2D eigenvalue weighted by molar-refractivity contribution is -0.141. The van der Waals surface area contributed by atoms with E-state index in [2.05, 4.69) is 10.6 Å². The van der Waals surface area contributed by atoms with Crippen molar-refractivity contribution in [3.63, 3.8) is 0 Å². The molecular weight excluding hydrogens is 341 g/mol. The number of hydrogen-bond acceptors (Lipinski definition) is 4. The van der Waals surface area contributed by atoms with E-state index in [4.69, 9.17) is 10.8 Å². The zero-order valence-corrected chi connectivity index (χ0v) is 12.6. The van der Waals surface area contributed by atoms with Gasteiger partial charge in [0.25, 0.3) is 5.91 Å². The summed E-state index contributed by atoms with van der Waals surface area (Å²) < 4.78 is 41.5. The van der Waals surface area contributed by atoms with E-state index in [-0.39, 0.29) is 23.6 Å². The topological polar surface area (TPSA) is 109 Å². The number of alkyl halides is 3. The molecule has 2 heterocycles. The van der Waals surface area contributed by atoms with Crippen LogP contribution in [0.2, 0.25) is 0 Å². The van der Waals surface area contributed by atoms with Crippen LogP contribution in [0.3, 0.4) is 0 Å². The summed E-state index contributed by atoms with van der Waals surface area (Å²) in [6, 6.07) is 1.92. The van der Waals surface area contributed by atoms with Crippen molar-refractivity contribution >= 4 is 23.3 Å². The summed E-state index contributed by atoms with van der Waals surface area (Å²) in [7, 11) is 0. The number of carbonyl (C=O) groups is 2. The molecule has 0 saturated heterocycles. The average molecular weight is 354 g/mol. The molecule has 0 spiro atoms. The van der Waals surface area contributed by atoms with Crippen LogP contribution in [-0.2, 0) is 22.3 Å². The smallest absolute Gasteiger partial charge is 0.418 e. The number of aliphatic carboxylic acids is 1. The van der Waals surface area contributed by atoms with E-state index in [1.807, 2.05) is 0 Å². The number of nitrogens with one attached hydrogen (secondary N) is 2. The molecule has 1 aromatic carbocycles. The normalized spacial score (nSPS) is 16.8. The number of rotatable bonds is 3. The van der Waals surface area contributed by atoms with E-state index >= 15 is 0 Å². The minimum absolute atomic E-state index is 0.0815. The van der Waals surface area contributed by atoms with Gasteiger partial charge in [0.15, 0.2) is 0 Å². The molecule has 3 rings (SSSR count). The van der Waals surface area contributed by atoms with Crippen LogP contribution < -0.4 is 16.4 Å². The highest BCUT2D eigenvalue weighted by Crippen LogP contribution is 2.40. The van der Waals surface area contributed by atoms with E-state index < -0.39 is 29.7 Å². The average Bonchev–Trinajstić information content (AvgIpc) is 3.01. The van der Waals surface area contributed by atoms with Crippen molar-refractivity contribution in [2.24, 2.45) is 5.73 Å². The van der Waals surface area contributed by atoms with Crippen LogP contribution in [0.15, 0.2) is 30.6 Å². The van der Waals surface area contributed by atoms with Gasteiger partial charge in [0, 0.05) is 18.9 Å². The number of aromatic nitrogens is 1. The summed E-state index contributed by atoms with van der Waals surface area (Å²) >= 11 is 0. The number of hydrogen-bond donors (Lipinski definition) is 4. The summed E-state index contributed by atoms with van der Waals surface area (Å²) in [5.41, 5.74) is 4.88. The van der Waals surface area contributed by atoms with Crippen LogP contribution in [0.1, 0.15) is 11.1 Å². The van der Waals surface area contributed by atoms with E-state index in [9.17, 15) is 22.8 Å². The van der Waals surface area contributed by atoms with Gasteiger partial charge in [0.05, 0.1) is 22.6 Å². The van der Waals surface area contributed by atoms with Gasteiger partial charge >= 0.3 is 12.1 Å². The first-order valence-electron chi connectivity index (χ1n) is 7.13. The number of benzene rings is 1. The molecule has 0 radical (unpaired) electrons. The molecule has 5 N–H and O–H groups in total. The third kappa shape index (κ3) is 3.03. The Morgan fingerprint density at radius 3 is 2.60 bits per heavy atom. The van der Waals surface area contributed by atoms with Gasteiger partial charge in [-0.2, -0.15) is 13.2 Å². The summed E-state index contributed by atoms with van der Waals surface area (Å²) in [4.78, 5) is 22.8. The van der Waals surface area contributed by atoms with Gasteiger partial charge in [0.2, 0.25) is 6.04 Å².